The molecule has 2 bridgehead atoms. The molecule has 2 atom stereocenters. The predicted octanol–water partition coefficient (Wildman–Crippen LogP) is 3.77. The minimum atomic E-state index is -0.246. The van der Waals surface area contributed by atoms with E-state index in [1.165, 1.54) is 0 Å². The van der Waals surface area contributed by atoms with Gasteiger partial charge < -0.3 is 9.64 Å². The third-order valence-electron chi connectivity index (χ3n) is 5.71. The van der Waals surface area contributed by atoms with Crippen LogP contribution in [-0.4, -0.2) is 33.8 Å². The van der Waals surface area contributed by atoms with Crippen LogP contribution in [0.25, 0.3) is 0 Å². The average Bonchev–Trinajstić information content (AvgIpc) is 2.97. The molecule has 140 valence electrons. The Hall–Kier alpha value is -2.69. The molecule has 2 aromatic rings. The van der Waals surface area contributed by atoms with Gasteiger partial charge in [-0.25, -0.2) is 4.79 Å². The van der Waals surface area contributed by atoms with Gasteiger partial charge in [-0.15, -0.1) is 0 Å². The van der Waals surface area contributed by atoms with Crippen molar-refractivity contribution in [2.45, 2.75) is 50.8 Å². The molecular formula is C22H24N2O3. The first kappa shape index (κ1) is 17.7. The molecular weight excluding hydrogens is 340 g/mol. The van der Waals surface area contributed by atoms with E-state index in [1.807, 2.05) is 47.4 Å². The second-order valence-corrected chi connectivity index (χ2v) is 7.51. The number of fused-ring (bicyclic) bond motifs is 2. The van der Waals surface area contributed by atoms with E-state index in [0.29, 0.717) is 13.0 Å². The van der Waals surface area contributed by atoms with Gasteiger partial charge in [0, 0.05) is 36.8 Å². The molecule has 1 amide bonds. The maximum Gasteiger partial charge on any atom is 0.410 e. The van der Waals surface area contributed by atoms with Gasteiger partial charge in [0.1, 0.15) is 12.4 Å². The smallest absolute Gasteiger partial charge is 0.410 e. The highest BCUT2D eigenvalue weighted by atomic mass is 16.6. The summed E-state index contributed by atoms with van der Waals surface area (Å²) < 4.78 is 5.53. The normalized spacial score (nSPS) is 23.9. The van der Waals surface area contributed by atoms with Crippen molar-refractivity contribution in [1.29, 1.82) is 0 Å². The highest BCUT2D eigenvalue weighted by Crippen LogP contribution is 2.39. The summed E-state index contributed by atoms with van der Waals surface area (Å²) in [6.45, 7) is 0.291. The summed E-state index contributed by atoms with van der Waals surface area (Å²) in [5.74, 6) is 0.290. The summed E-state index contributed by atoms with van der Waals surface area (Å²) in [4.78, 5) is 31.3. The lowest BCUT2D eigenvalue weighted by Gasteiger charge is -2.37. The summed E-state index contributed by atoms with van der Waals surface area (Å²) in [5.41, 5.74) is 1.94. The van der Waals surface area contributed by atoms with Gasteiger partial charge in [-0.3, -0.25) is 9.78 Å². The number of piperidine rings is 1. The first-order valence-electron chi connectivity index (χ1n) is 9.61. The van der Waals surface area contributed by atoms with Crippen LogP contribution in [0.1, 0.15) is 36.8 Å². The van der Waals surface area contributed by atoms with Crippen molar-refractivity contribution in [3.8, 4) is 0 Å². The molecule has 3 heterocycles. The van der Waals surface area contributed by atoms with Gasteiger partial charge in [0.25, 0.3) is 0 Å². The summed E-state index contributed by atoms with van der Waals surface area (Å²) in [6.07, 6.45) is 7.06. The van der Waals surface area contributed by atoms with E-state index in [1.54, 1.807) is 12.4 Å². The zero-order valence-electron chi connectivity index (χ0n) is 15.3. The van der Waals surface area contributed by atoms with Crippen molar-refractivity contribution in [1.82, 2.24) is 9.88 Å². The van der Waals surface area contributed by atoms with Crippen molar-refractivity contribution >= 4 is 11.9 Å². The number of hydrogen-bond acceptors (Lipinski definition) is 4. The van der Waals surface area contributed by atoms with E-state index >= 15 is 0 Å². The minimum absolute atomic E-state index is 0.0286. The number of ketones is 1. The van der Waals surface area contributed by atoms with Crippen LogP contribution < -0.4 is 0 Å². The molecule has 2 aliphatic rings. The van der Waals surface area contributed by atoms with Crippen LogP contribution in [0.4, 0.5) is 4.79 Å². The predicted molar refractivity (Wildman–Crippen MR) is 101 cm³/mol. The van der Waals surface area contributed by atoms with E-state index in [9.17, 15) is 9.59 Å². The summed E-state index contributed by atoms with van der Waals surface area (Å²) in [5, 5.41) is 0. The number of carbonyl (C=O) groups is 2. The van der Waals surface area contributed by atoms with Crippen molar-refractivity contribution in [3.63, 3.8) is 0 Å². The van der Waals surface area contributed by atoms with Crippen LogP contribution in [0.3, 0.4) is 0 Å². The maximum absolute atomic E-state index is 12.7. The molecule has 1 aromatic carbocycles. The highest BCUT2D eigenvalue weighted by Gasteiger charge is 2.45. The van der Waals surface area contributed by atoms with E-state index in [4.69, 9.17) is 4.74 Å². The van der Waals surface area contributed by atoms with Crippen LogP contribution in [0, 0.1) is 5.92 Å². The van der Waals surface area contributed by atoms with Gasteiger partial charge in [0.05, 0.1) is 0 Å². The molecule has 27 heavy (non-hydrogen) atoms. The molecule has 0 N–H and O–H groups in total. The second-order valence-electron chi connectivity index (χ2n) is 7.51. The largest absolute Gasteiger partial charge is 0.445 e. The molecule has 0 aliphatic carbocycles. The monoisotopic (exact) mass is 364 g/mol. The quantitative estimate of drug-likeness (QED) is 0.810. The summed E-state index contributed by atoms with van der Waals surface area (Å²) in [7, 11) is 0. The lowest BCUT2D eigenvalue weighted by atomic mass is 9.85. The average molecular weight is 364 g/mol. The standard InChI is InChI=1S/C22H24N2O3/c25-21(11-17-7-4-10-23-14-17)18-12-19-8-9-20(13-18)24(19)22(26)27-15-16-5-2-1-3-6-16/h1-7,10,14,18-20H,8-9,11-13,15H2. The molecule has 5 heteroatoms. The highest BCUT2D eigenvalue weighted by molar-refractivity contribution is 5.83. The van der Waals surface area contributed by atoms with Gasteiger partial charge >= 0.3 is 6.09 Å². The zero-order valence-corrected chi connectivity index (χ0v) is 15.3. The Morgan fingerprint density at radius 3 is 2.37 bits per heavy atom. The molecule has 2 aliphatic heterocycles. The minimum Gasteiger partial charge on any atom is -0.445 e. The SMILES string of the molecule is O=C(Cc1cccnc1)C1CC2CCC(C1)N2C(=O)OCc1ccccc1. The fourth-order valence-electron chi connectivity index (χ4n) is 4.38. The van der Waals surface area contributed by atoms with Crippen molar-refractivity contribution in [2.24, 2.45) is 5.92 Å². The van der Waals surface area contributed by atoms with Crippen LogP contribution in [-0.2, 0) is 22.6 Å². The van der Waals surface area contributed by atoms with Gasteiger partial charge in [-0.2, -0.15) is 0 Å². The second kappa shape index (κ2) is 7.91. The fourth-order valence-corrected chi connectivity index (χ4v) is 4.38. The van der Waals surface area contributed by atoms with Gasteiger partial charge in [0.2, 0.25) is 0 Å². The van der Waals surface area contributed by atoms with Crippen molar-refractivity contribution in [2.75, 3.05) is 0 Å². The summed E-state index contributed by atoms with van der Waals surface area (Å²) >= 11 is 0. The first-order valence-corrected chi connectivity index (χ1v) is 9.61. The Balaban J connectivity index is 1.34. The van der Waals surface area contributed by atoms with Crippen molar-refractivity contribution in [3.05, 3.63) is 66.0 Å². The number of Topliss-reactive ketones (excluding diaryl/α,β-unsaturated/α-hetero) is 1. The Morgan fingerprint density at radius 2 is 1.70 bits per heavy atom. The number of aromatic nitrogens is 1. The third-order valence-corrected chi connectivity index (χ3v) is 5.71. The number of amides is 1. The molecule has 0 spiro atoms. The van der Waals surface area contributed by atoms with E-state index in [-0.39, 0.29) is 29.9 Å². The number of ether oxygens (including phenoxy) is 1. The Kier molecular flexibility index (Phi) is 5.19. The van der Waals surface area contributed by atoms with Gasteiger partial charge in [0.15, 0.2) is 0 Å². The Bertz CT molecular complexity index is 780. The molecule has 2 saturated heterocycles. The van der Waals surface area contributed by atoms with Crippen molar-refractivity contribution < 1.29 is 14.3 Å². The van der Waals surface area contributed by atoms with E-state index in [0.717, 1.165) is 36.8 Å². The molecule has 0 radical (unpaired) electrons. The number of carbonyl (C=O) groups excluding carboxylic acids is 2. The number of pyridine rings is 1. The van der Waals surface area contributed by atoms with Gasteiger partial charge in [-0.05, 0) is 42.9 Å². The topological polar surface area (TPSA) is 59.5 Å². The van der Waals surface area contributed by atoms with Crippen LogP contribution in [0.15, 0.2) is 54.9 Å². The summed E-state index contributed by atoms with van der Waals surface area (Å²) in [6, 6.07) is 13.8. The van der Waals surface area contributed by atoms with Crippen LogP contribution in [0.2, 0.25) is 0 Å². The van der Waals surface area contributed by atoms with E-state index in [2.05, 4.69) is 4.98 Å². The van der Waals surface area contributed by atoms with Gasteiger partial charge in [-0.1, -0.05) is 36.4 Å². The number of hydrogen-bond donors (Lipinski definition) is 0. The number of rotatable bonds is 5. The first-order chi connectivity index (χ1) is 13.2. The molecule has 1 aromatic heterocycles. The zero-order chi connectivity index (χ0) is 18.6. The molecule has 2 unspecified atom stereocenters. The maximum atomic E-state index is 12.7. The molecule has 4 rings (SSSR count). The number of benzene rings is 1. The molecule has 2 fully saturated rings. The molecule has 5 nitrogen and oxygen atoms in total. The van der Waals surface area contributed by atoms with E-state index < -0.39 is 0 Å². The third kappa shape index (κ3) is 4.02. The fraction of sp³-hybridized carbons (Fsp3) is 0.409. The lowest BCUT2D eigenvalue weighted by Crippen LogP contribution is -2.48. The van der Waals surface area contributed by atoms with Crippen LogP contribution in [0.5, 0.6) is 0 Å². The number of nitrogens with zero attached hydrogens (tertiary/aromatic N) is 2. The Morgan fingerprint density at radius 1 is 1.00 bits per heavy atom. The molecule has 0 saturated carbocycles. The Labute approximate surface area is 159 Å². The van der Waals surface area contributed by atoms with Crippen LogP contribution >= 0.6 is 0 Å². The lowest BCUT2D eigenvalue weighted by molar-refractivity contribution is -0.124.